The van der Waals surface area contributed by atoms with E-state index in [0.29, 0.717) is 0 Å². The predicted molar refractivity (Wildman–Crippen MR) is 96.1 cm³/mol. The summed E-state index contributed by atoms with van der Waals surface area (Å²) in [6.07, 6.45) is -0.591. The Morgan fingerprint density at radius 1 is 1.12 bits per heavy atom. The molecule has 26 heavy (non-hydrogen) atoms. The molecule has 1 amide bonds. The van der Waals surface area contributed by atoms with E-state index in [1.807, 2.05) is 0 Å². The van der Waals surface area contributed by atoms with Crippen molar-refractivity contribution in [2.75, 3.05) is 19.8 Å². The van der Waals surface area contributed by atoms with E-state index in [0.717, 1.165) is 0 Å². The lowest BCUT2D eigenvalue weighted by Crippen LogP contribution is -2.34. The van der Waals surface area contributed by atoms with E-state index in [2.05, 4.69) is 26.3 Å². The maximum atomic E-state index is 12.2. The summed E-state index contributed by atoms with van der Waals surface area (Å²) >= 11 is 3.21. The minimum atomic E-state index is -0.663. The molecule has 0 spiro atoms. The van der Waals surface area contributed by atoms with E-state index in [9.17, 15) is 14.4 Å². The third-order valence-electron chi connectivity index (χ3n) is 2.82. The molecule has 146 valence electrons. The monoisotopic (exact) mass is 433 g/mol. The van der Waals surface area contributed by atoms with E-state index in [1.54, 1.807) is 34.6 Å². The Labute approximate surface area is 160 Å². The molecule has 1 rings (SSSR count). The Morgan fingerprint density at radius 2 is 1.69 bits per heavy atom. The topological polar surface area (TPSA) is 109 Å². The van der Waals surface area contributed by atoms with Crippen molar-refractivity contribution in [2.24, 2.45) is 0 Å². The van der Waals surface area contributed by atoms with Gasteiger partial charge in [0.15, 0.2) is 11.4 Å². The van der Waals surface area contributed by atoms with Crippen LogP contribution in [0.5, 0.6) is 0 Å². The molecule has 0 aromatic carbocycles. The molecule has 0 unspecified atom stereocenters. The molecule has 0 aliphatic rings. The smallest absolute Gasteiger partial charge is 0.407 e. The van der Waals surface area contributed by atoms with E-state index in [1.165, 1.54) is 4.68 Å². The number of esters is 2. The Kier molecular flexibility index (Phi) is 8.07. The van der Waals surface area contributed by atoms with Crippen LogP contribution in [-0.2, 0) is 20.8 Å². The highest BCUT2D eigenvalue weighted by Gasteiger charge is 2.27. The highest BCUT2D eigenvalue weighted by Crippen LogP contribution is 2.23. The molecule has 1 heterocycles. The minimum Gasteiger partial charge on any atom is -0.461 e. The highest BCUT2D eigenvalue weighted by molar-refractivity contribution is 9.10. The molecule has 0 aliphatic heterocycles. The number of rotatable bonds is 7. The van der Waals surface area contributed by atoms with Gasteiger partial charge in [-0.15, -0.1) is 0 Å². The van der Waals surface area contributed by atoms with Gasteiger partial charge in [0.1, 0.15) is 5.60 Å². The lowest BCUT2D eigenvalue weighted by molar-refractivity contribution is 0.0501. The molecule has 0 saturated heterocycles. The highest BCUT2D eigenvalue weighted by atomic mass is 79.9. The van der Waals surface area contributed by atoms with Crippen LogP contribution in [0.15, 0.2) is 4.47 Å². The van der Waals surface area contributed by atoms with Crippen LogP contribution in [0, 0.1) is 0 Å². The van der Waals surface area contributed by atoms with Crippen molar-refractivity contribution in [3.05, 3.63) is 15.9 Å². The molecule has 10 heteroatoms. The molecular formula is C16H24BrN3O6. The summed E-state index contributed by atoms with van der Waals surface area (Å²) in [5, 5.41) is 6.67. The van der Waals surface area contributed by atoms with Crippen LogP contribution < -0.4 is 5.32 Å². The first-order chi connectivity index (χ1) is 12.1. The zero-order valence-electron chi connectivity index (χ0n) is 15.6. The number of ether oxygens (including phenoxy) is 3. The van der Waals surface area contributed by atoms with Crippen LogP contribution in [0.1, 0.15) is 55.6 Å². The fourth-order valence-corrected chi connectivity index (χ4v) is 2.51. The third-order valence-corrected chi connectivity index (χ3v) is 3.58. The summed E-state index contributed by atoms with van der Waals surface area (Å²) in [6.45, 7) is 9.20. The number of amides is 1. The third kappa shape index (κ3) is 6.32. The van der Waals surface area contributed by atoms with Gasteiger partial charge in [-0.1, -0.05) is 0 Å². The van der Waals surface area contributed by atoms with Gasteiger partial charge in [-0.2, -0.15) is 5.10 Å². The number of carbonyl (C=O) groups is 3. The summed E-state index contributed by atoms with van der Waals surface area (Å²) in [6, 6.07) is 0. The van der Waals surface area contributed by atoms with Gasteiger partial charge in [0, 0.05) is 6.54 Å². The number of nitrogens with zero attached hydrogens (tertiary/aromatic N) is 2. The summed E-state index contributed by atoms with van der Waals surface area (Å²) < 4.78 is 16.5. The molecule has 1 aromatic rings. The predicted octanol–water partition coefficient (Wildman–Crippen LogP) is 2.52. The van der Waals surface area contributed by atoms with Crippen molar-refractivity contribution in [3.63, 3.8) is 0 Å². The molecule has 1 aromatic heterocycles. The molecule has 0 radical (unpaired) electrons. The summed E-state index contributed by atoms with van der Waals surface area (Å²) in [4.78, 5) is 35.9. The number of halogens is 1. The molecule has 0 aliphatic carbocycles. The lowest BCUT2D eigenvalue weighted by atomic mass is 10.2. The second kappa shape index (κ2) is 9.56. The van der Waals surface area contributed by atoms with Crippen LogP contribution in [0.3, 0.4) is 0 Å². The fraction of sp³-hybridized carbons (Fsp3) is 0.625. The number of hydrogen-bond acceptors (Lipinski definition) is 7. The van der Waals surface area contributed by atoms with E-state index < -0.39 is 23.6 Å². The van der Waals surface area contributed by atoms with Crippen molar-refractivity contribution in [3.8, 4) is 0 Å². The van der Waals surface area contributed by atoms with Gasteiger partial charge in [0.05, 0.1) is 24.2 Å². The normalized spacial score (nSPS) is 11.0. The van der Waals surface area contributed by atoms with Gasteiger partial charge in [-0.05, 0) is 50.5 Å². The van der Waals surface area contributed by atoms with Crippen molar-refractivity contribution in [2.45, 2.75) is 46.8 Å². The Hall–Kier alpha value is -2.10. The zero-order valence-corrected chi connectivity index (χ0v) is 17.1. The van der Waals surface area contributed by atoms with Crippen LogP contribution in [0.2, 0.25) is 0 Å². The maximum absolute atomic E-state index is 12.2. The van der Waals surface area contributed by atoms with Crippen LogP contribution in [0.25, 0.3) is 0 Å². The van der Waals surface area contributed by atoms with E-state index >= 15 is 0 Å². The molecule has 0 fully saturated rings. The van der Waals surface area contributed by atoms with Crippen molar-refractivity contribution < 1.29 is 28.6 Å². The molecule has 0 atom stereocenters. The van der Waals surface area contributed by atoms with Crippen LogP contribution >= 0.6 is 15.9 Å². The SMILES string of the molecule is CCOC(=O)c1nn(CCNC(=O)OC(C)(C)C)c(C(=O)OCC)c1Br. The first-order valence-electron chi connectivity index (χ1n) is 8.18. The number of nitrogens with one attached hydrogen (secondary N) is 1. The molecular weight excluding hydrogens is 410 g/mol. The Morgan fingerprint density at radius 3 is 2.23 bits per heavy atom. The average molecular weight is 434 g/mol. The molecule has 1 N–H and O–H groups in total. The number of hydrogen-bond donors (Lipinski definition) is 1. The molecule has 0 saturated carbocycles. The van der Waals surface area contributed by atoms with Gasteiger partial charge < -0.3 is 19.5 Å². The minimum absolute atomic E-state index is 0.0350. The summed E-state index contributed by atoms with van der Waals surface area (Å²) in [5.41, 5.74) is -0.584. The van der Waals surface area contributed by atoms with Gasteiger partial charge in [0.25, 0.3) is 0 Å². The first kappa shape index (κ1) is 21.9. The van der Waals surface area contributed by atoms with Crippen molar-refractivity contribution in [1.82, 2.24) is 15.1 Å². The first-order valence-corrected chi connectivity index (χ1v) is 8.97. The fourth-order valence-electron chi connectivity index (χ4n) is 1.90. The van der Waals surface area contributed by atoms with E-state index in [4.69, 9.17) is 14.2 Å². The average Bonchev–Trinajstić information content (AvgIpc) is 2.82. The maximum Gasteiger partial charge on any atom is 0.407 e. The Bertz CT molecular complexity index is 666. The summed E-state index contributed by atoms with van der Waals surface area (Å²) in [5.74, 6) is -1.30. The number of carbonyl (C=O) groups excluding carboxylic acids is 3. The molecule has 0 bridgehead atoms. The quantitative estimate of drug-likeness (QED) is 0.519. The lowest BCUT2D eigenvalue weighted by Gasteiger charge is -2.19. The van der Waals surface area contributed by atoms with Crippen LogP contribution in [0.4, 0.5) is 4.79 Å². The number of alkyl carbamates (subject to hydrolysis) is 1. The second-order valence-corrected chi connectivity index (χ2v) is 6.90. The number of aromatic nitrogens is 2. The van der Waals surface area contributed by atoms with Gasteiger partial charge in [0.2, 0.25) is 0 Å². The zero-order chi connectivity index (χ0) is 19.9. The second-order valence-electron chi connectivity index (χ2n) is 6.10. The van der Waals surface area contributed by atoms with Gasteiger partial charge in [-0.25, -0.2) is 14.4 Å². The van der Waals surface area contributed by atoms with Gasteiger partial charge in [-0.3, -0.25) is 4.68 Å². The van der Waals surface area contributed by atoms with Crippen molar-refractivity contribution >= 4 is 34.0 Å². The van der Waals surface area contributed by atoms with E-state index in [-0.39, 0.29) is 42.2 Å². The Balaban J connectivity index is 2.94. The standard InChI is InChI=1S/C16H24BrN3O6/c1-6-24-13(21)11-10(17)12(14(22)25-7-2)20(19-11)9-8-18-15(23)26-16(3,4)5/h6-9H2,1-5H3,(H,18,23). The van der Waals surface area contributed by atoms with Gasteiger partial charge >= 0.3 is 18.0 Å². The largest absolute Gasteiger partial charge is 0.461 e. The molecule has 9 nitrogen and oxygen atoms in total. The summed E-state index contributed by atoms with van der Waals surface area (Å²) in [7, 11) is 0. The van der Waals surface area contributed by atoms with Crippen LogP contribution in [-0.4, -0.2) is 53.2 Å². The van der Waals surface area contributed by atoms with Crippen molar-refractivity contribution in [1.29, 1.82) is 0 Å².